The van der Waals surface area contributed by atoms with Crippen LogP contribution in [0.5, 0.6) is 0 Å². The third-order valence-corrected chi connectivity index (χ3v) is 4.88. The molecule has 1 aromatic heterocycles. The zero-order chi connectivity index (χ0) is 14.9. The van der Waals surface area contributed by atoms with Crippen LogP contribution >= 0.6 is 45.2 Å². The number of aliphatic hydroxyl groups excluding tert-OH is 2. The first kappa shape index (κ1) is 16.1. The fourth-order valence-electron chi connectivity index (χ4n) is 1.96. The Balaban J connectivity index is 2.46. The van der Waals surface area contributed by atoms with E-state index in [0.29, 0.717) is 0 Å². The summed E-state index contributed by atoms with van der Waals surface area (Å²) in [6, 6.07) is 0. The predicted octanol–water partition coefficient (Wildman–Crippen LogP) is -0.00350. The summed E-state index contributed by atoms with van der Waals surface area (Å²) in [6.07, 6.45) is 0.445. The quantitative estimate of drug-likeness (QED) is 0.396. The van der Waals surface area contributed by atoms with Gasteiger partial charge in [-0.3, -0.25) is 14.3 Å². The molecule has 2 heterocycles. The molecule has 1 aromatic rings. The van der Waals surface area contributed by atoms with Crippen molar-refractivity contribution in [1.82, 2.24) is 9.55 Å². The van der Waals surface area contributed by atoms with Crippen LogP contribution in [-0.2, 0) is 4.74 Å². The number of H-pyrrole nitrogens is 1. The van der Waals surface area contributed by atoms with Crippen molar-refractivity contribution in [3.05, 3.63) is 36.7 Å². The lowest BCUT2D eigenvalue weighted by Gasteiger charge is -2.17. The molecule has 0 aliphatic carbocycles. The van der Waals surface area contributed by atoms with Gasteiger partial charge in [0.15, 0.2) is 6.23 Å². The number of aliphatic hydroxyl groups is 2. The van der Waals surface area contributed by atoms with E-state index in [0.717, 1.165) is 4.57 Å². The molecule has 0 spiro atoms. The molecular formula is C11H12I2N2O5. The van der Waals surface area contributed by atoms with Crippen molar-refractivity contribution < 1.29 is 14.9 Å². The van der Waals surface area contributed by atoms with E-state index in [9.17, 15) is 19.8 Å². The average Bonchev–Trinajstić information content (AvgIpc) is 2.70. The Morgan fingerprint density at radius 3 is 2.75 bits per heavy atom. The zero-order valence-electron chi connectivity index (χ0n) is 10.1. The maximum absolute atomic E-state index is 11.9. The summed E-state index contributed by atoms with van der Waals surface area (Å²) < 4.78 is 7.92. The van der Waals surface area contributed by atoms with Gasteiger partial charge in [-0.05, 0) is 10.2 Å². The highest BCUT2D eigenvalue weighted by Gasteiger charge is 2.43. The molecule has 4 atom stereocenters. The Hall–Kier alpha value is -0.240. The van der Waals surface area contributed by atoms with Crippen LogP contribution in [0, 0.1) is 0 Å². The molecule has 110 valence electrons. The fourth-order valence-corrected chi connectivity index (χ4v) is 3.10. The van der Waals surface area contributed by atoms with E-state index in [2.05, 4.69) is 4.98 Å². The van der Waals surface area contributed by atoms with Crippen LogP contribution in [0.4, 0.5) is 0 Å². The number of rotatable bonds is 3. The maximum atomic E-state index is 11.9. The van der Waals surface area contributed by atoms with E-state index in [1.807, 2.05) is 45.2 Å². The maximum Gasteiger partial charge on any atom is 0.330 e. The molecule has 2 rings (SSSR count). The normalized spacial score (nSPS) is 30.2. The van der Waals surface area contributed by atoms with Gasteiger partial charge in [0, 0.05) is 6.20 Å². The van der Waals surface area contributed by atoms with Gasteiger partial charge < -0.3 is 14.9 Å². The standard InChI is InChI=1S/C11H12I2N2O5/c12-2-1-5-3-15(11(19)14-9(5)18)10-8(17)7(13)6(4-16)20-10/h1-3,6-8,10,16-17H,4H2,(H,14,18,19)/t6-,7-,8-,10-/m1/s1. The second-order valence-corrected chi connectivity index (χ2v) is 6.38. The van der Waals surface area contributed by atoms with Gasteiger partial charge in [-0.25, -0.2) is 4.79 Å². The summed E-state index contributed by atoms with van der Waals surface area (Å²) in [4.78, 5) is 25.6. The summed E-state index contributed by atoms with van der Waals surface area (Å²) in [7, 11) is 0. The lowest BCUT2D eigenvalue weighted by Crippen LogP contribution is -2.37. The van der Waals surface area contributed by atoms with Gasteiger partial charge in [0.1, 0.15) is 6.10 Å². The van der Waals surface area contributed by atoms with E-state index in [-0.39, 0.29) is 16.1 Å². The van der Waals surface area contributed by atoms with Gasteiger partial charge >= 0.3 is 5.69 Å². The number of nitrogens with one attached hydrogen (secondary N) is 1. The predicted molar refractivity (Wildman–Crippen MR) is 89.2 cm³/mol. The minimum absolute atomic E-state index is 0.250. The first-order chi connectivity index (χ1) is 9.49. The van der Waals surface area contributed by atoms with Crippen LogP contribution in [-0.4, -0.2) is 42.5 Å². The van der Waals surface area contributed by atoms with E-state index >= 15 is 0 Å². The Morgan fingerprint density at radius 2 is 2.20 bits per heavy atom. The molecule has 0 amide bonds. The smallest absolute Gasteiger partial charge is 0.330 e. The number of aromatic nitrogens is 2. The van der Waals surface area contributed by atoms with Crippen molar-refractivity contribution in [2.24, 2.45) is 0 Å². The largest absolute Gasteiger partial charge is 0.394 e. The lowest BCUT2D eigenvalue weighted by atomic mass is 10.2. The minimum Gasteiger partial charge on any atom is -0.394 e. The summed E-state index contributed by atoms with van der Waals surface area (Å²) in [5.74, 6) is 0. The van der Waals surface area contributed by atoms with Gasteiger partial charge in [0.25, 0.3) is 5.56 Å². The third-order valence-electron chi connectivity index (χ3n) is 2.98. The molecular weight excluding hydrogens is 494 g/mol. The Bertz CT molecular complexity index is 626. The number of hydrogen-bond donors (Lipinski definition) is 3. The number of halogens is 2. The summed E-state index contributed by atoms with van der Waals surface area (Å²) in [5.41, 5.74) is -0.879. The topological polar surface area (TPSA) is 105 Å². The van der Waals surface area contributed by atoms with Gasteiger partial charge in [0.05, 0.1) is 22.2 Å². The second-order valence-electron chi connectivity index (χ2n) is 4.23. The molecule has 1 saturated heterocycles. The van der Waals surface area contributed by atoms with Gasteiger partial charge in [0.2, 0.25) is 0 Å². The molecule has 0 saturated carbocycles. The van der Waals surface area contributed by atoms with Crippen molar-refractivity contribution in [3.63, 3.8) is 0 Å². The highest BCUT2D eigenvalue weighted by atomic mass is 127. The highest BCUT2D eigenvalue weighted by Crippen LogP contribution is 2.33. The number of nitrogens with zero attached hydrogens (tertiary/aromatic N) is 1. The molecule has 9 heteroatoms. The first-order valence-corrected chi connectivity index (χ1v) is 8.19. The van der Waals surface area contributed by atoms with E-state index in [1.165, 1.54) is 6.20 Å². The zero-order valence-corrected chi connectivity index (χ0v) is 14.4. The fraction of sp³-hybridized carbons (Fsp3) is 0.455. The van der Waals surface area contributed by atoms with Crippen molar-refractivity contribution >= 4 is 51.3 Å². The van der Waals surface area contributed by atoms with E-state index in [4.69, 9.17) is 4.74 Å². The minimum atomic E-state index is -0.951. The molecule has 3 N–H and O–H groups in total. The molecule has 1 aliphatic rings. The van der Waals surface area contributed by atoms with Crippen molar-refractivity contribution in [2.75, 3.05) is 6.61 Å². The average molecular weight is 506 g/mol. The molecule has 0 unspecified atom stereocenters. The third kappa shape index (κ3) is 3.00. The van der Waals surface area contributed by atoms with Crippen LogP contribution in [0.3, 0.4) is 0 Å². The Labute approximate surface area is 140 Å². The molecule has 7 nitrogen and oxygen atoms in total. The molecule has 0 aromatic carbocycles. The summed E-state index contributed by atoms with van der Waals surface area (Å²) >= 11 is 3.93. The van der Waals surface area contributed by atoms with Crippen LogP contribution < -0.4 is 11.2 Å². The Kier molecular flexibility index (Phi) is 5.39. The molecule has 1 fully saturated rings. The highest BCUT2D eigenvalue weighted by molar-refractivity contribution is 14.1. The monoisotopic (exact) mass is 506 g/mol. The van der Waals surface area contributed by atoms with Gasteiger partial charge in [-0.2, -0.15) is 0 Å². The van der Waals surface area contributed by atoms with Crippen molar-refractivity contribution in [3.8, 4) is 0 Å². The molecule has 20 heavy (non-hydrogen) atoms. The Morgan fingerprint density at radius 1 is 1.50 bits per heavy atom. The SMILES string of the molecule is O=c1[nH]c(=O)n([C@@H]2O[C@H](CO)[C@@H](I)[C@H]2O)cc1C=CI. The van der Waals surface area contributed by atoms with Crippen LogP contribution in [0.25, 0.3) is 6.08 Å². The van der Waals surface area contributed by atoms with E-state index < -0.39 is 29.7 Å². The molecule has 0 radical (unpaired) electrons. The number of ether oxygens (including phenoxy) is 1. The van der Waals surface area contributed by atoms with Crippen LogP contribution in [0.1, 0.15) is 11.8 Å². The van der Waals surface area contributed by atoms with Crippen LogP contribution in [0.15, 0.2) is 19.9 Å². The molecule has 1 aliphatic heterocycles. The van der Waals surface area contributed by atoms with E-state index in [1.54, 1.807) is 10.2 Å². The molecule has 0 bridgehead atoms. The number of alkyl halides is 1. The van der Waals surface area contributed by atoms with Crippen molar-refractivity contribution in [1.29, 1.82) is 0 Å². The summed E-state index contributed by atoms with van der Waals surface area (Å²) in [6.45, 7) is -0.250. The van der Waals surface area contributed by atoms with Crippen molar-refractivity contribution in [2.45, 2.75) is 22.4 Å². The second kappa shape index (κ2) is 6.68. The lowest BCUT2D eigenvalue weighted by molar-refractivity contribution is -0.0530. The van der Waals surface area contributed by atoms with Gasteiger partial charge in [-0.15, -0.1) is 0 Å². The number of aromatic amines is 1. The summed E-state index contributed by atoms with van der Waals surface area (Å²) in [5, 5.41) is 19.3. The first-order valence-electron chi connectivity index (χ1n) is 5.70. The number of hydrogen-bond acceptors (Lipinski definition) is 5. The van der Waals surface area contributed by atoms with Gasteiger partial charge in [-0.1, -0.05) is 45.2 Å². The van der Waals surface area contributed by atoms with Crippen LogP contribution in [0.2, 0.25) is 0 Å².